The Morgan fingerprint density at radius 1 is 1.33 bits per heavy atom. The van der Waals surface area contributed by atoms with Crippen LogP contribution in [0.1, 0.15) is 12.8 Å². The first-order valence-electron chi connectivity index (χ1n) is 4.93. The topological polar surface area (TPSA) is 86.7 Å². The summed E-state index contributed by atoms with van der Waals surface area (Å²) in [5.74, 6) is -1.38. The SMILES string of the molecule is O=C(O)CCS(=O)(=O)N1CCCNCC1. The molecule has 7 heteroatoms. The molecule has 0 spiro atoms. The zero-order valence-electron chi connectivity index (χ0n) is 8.48. The van der Waals surface area contributed by atoms with Crippen molar-refractivity contribution in [1.82, 2.24) is 9.62 Å². The molecule has 0 atom stereocenters. The van der Waals surface area contributed by atoms with E-state index >= 15 is 0 Å². The van der Waals surface area contributed by atoms with Crippen molar-refractivity contribution >= 4 is 16.0 Å². The van der Waals surface area contributed by atoms with Gasteiger partial charge in [0.25, 0.3) is 0 Å². The summed E-state index contributed by atoms with van der Waals surface area (Å²) in [7, 11) is -3.39. The Morgan fingerprint density at radius 3 is 2.73 bits per heavy atom. The van der Waals surface area contributed by atoms with Crippen LogP contribution < -0.4 is 5.32 Å². The average Bonchev–Trinajstić information content (AvgIpc) is 2.43. The van der Waals surface area contributed by atoms with Crippen LogP contribution in [-0.2, 0) is 14.8 Å². The number of rotatable bonds is 4. The first-order chi connectivity index (χ1) is 7.02. The molecule has 6 nitrogen and oxygen atoms in total. The second-order valence-electron chi connectivity index (χ2n) is 3.46. The molecule has 0 bridgehead atoms. The molecule has 0 unspecified atom stereocenters. The largest absolute Gasteiger partial charge is 0.481 e. The molecule has 1 aliphatic rings. The number of hydrogen-bond acceptors (Lipinski definition) is 4. The highest BCUT2D eigenvalue weighted by molar-refractivity contribution is 7.89. The van der Waals surface area contributed by atoms with Gasteiger partial charge in [0.15, 0.2) is 0 Å². The average molecular weight is 236 g/mol. The summed E-state index contributed by atoms with van der Waals surface area (Å²) in [6.45, 7) is 2.36. The maximum atomic E-state index is 11.7. The molecule has 1 fully saturated rings. The fourth-order valence-corrected chi connectivity index (χ4v) is 2.91. The standard InChI is InChI=1S/C8H16N2O4S/c11-8(12)2-7-15(13,14)10-5-1-3-9-4-6-10/h9H,1-7H2,(H,11,12). The fraction of sp³-hybridized carbons (Fsp3) is 0.875. The number of carbonyl (C=O) groups is 1. The lowest BCUT2D eigenvalue weighted by molar-refractivity contribution is -0.136. The monoisotopic (exact) mass is 236 g/mol. The van der Waals surface area contributed by atoms with E-state index in [2.05, 4.69) is 5.32 Å². The smallest absolute Gasteiger partial charge is 0.304 e. The van der Waals surface area contributed by atoms with E-state index in [1.807, 2.05) is 0 Å². The molecule has 88 valence electrons. The van der Waals surface area contributed by atoms with Crippen molar-refractivity contribution in [3.63, 3.8) is 0 Å². The molecule has 1 rings (SSSR count). The second-order valence-corrected chi connectivity index (χ2v) is 5.55. The molecule has 1 aliphatic heterocycles. The fourth-order valence-electron chi connectivity index (χ4n) is 1.44. The highest BCUT2D eigenvalue weighted by Crippen LogP contribution is 2.05. The molecule has 1 heterocycles. The molecule has 0 aromatic rings. The highest BCUT2D eigenvalue weighted by Gasteiger charge is 2.23. The van der Waals surface area contributed by atoms with Crippen LogP contribution in [0, 0.1) is 0 Å². The highest BCUT2D eigenvalue weighted by atomic mass is 32.2. The zero-order valence-corrected chi connectivity index (χ0v) is 9.29. The lowest BCUT2D eigenvalue weighted by Crippen LogP contribution is -2.36. The third kappa shape index (κ3) is 4.15. The van der Waals surface area contributed by atoms with Gasteiger partial charge in [-0.25, -0.2) is 12.7 Å². The van der Waals surface area contributed by atoms with Crippen LogP contribution in [-0.4, -0.2) is 55.7 Å². The van der Waals surface area contributed by atoms with E-state index < -0.39 is 16.0 Å². The van der Waals surface area contributed by atoms with Crippen molar-refractivity contribution in [1.29, 1.82) is 0 Å². The summed E-state index contributed by atoms with van der Waals surface area (Å²) in [6, 6.07) is 0. The Morgan fingerprint density at radius 2 is 2.07 bits per heavy atom. The van der Waals surface area contributed by atoms with Crippen molar-refractivity contribution < 1.29 is 18.3 Å². The minimum Gasteiger partial charge on any atom is -0.481 e. The van der Waals surface area contributed by atoms with Crippen LogP contribution in [0.5, 0.6) is 0 Å². The van der Waals surface area contributed by atoms with Gasteiger partial charge in [0.2, 0.25) is 10.0 Å². The Balaban J connectivity index is 2.54. The predicted octanol–water partition coefficient (Wildman–Crippen LogP) is -0.914. The van der Waals surface area contributed by atoms with Gasteiger partial charge in [-0.2, -0.15) is 0 Å². The molecule has 0 aromatic heterocycles. The van der Waals surface area contributed by atoms with Crippen LogP contribution in [0.4, 0.5) is 0 Å². The molecule has 0 amide bonds. The van der Waals surface area contributed by atoms with E-state index in [0.29, 0.717) is 19.6 Å². The number of nitrogens with zero attached hydrogens (tertiary/aromatic N) is 1. The molecule has 0 radical (unpaired) electrons. The van der Waals surface area contributed by atoms with Gasteiger partial charge in [0, 0.05) is 19.6 Å². The third-order valence-electron chi connectivity index (χ3n) is 2.27. The summed E-state index contributed by atoms with van der Waals surface area (Å²) in [4.78, 5) is 10.3. The van der Waals surface area contributed by atoms with Crippen molar-refractivity contribution in [2.24, 2.45) is 0 Å². The van der Waals surface area contributed by atoms with Crippen molar-refractivity contribution in [3.05, 3.63) is 0 Å². The third-order valence-corrected chi connectivity index (χ3v) is 4.14. The number of carboxylic acids is 1. The first-order valence-corrected chi connectivity index (χ1v) is 6.53. The van der Waals surface area contributed by atoms with E-state index in [1.165, 1.54) is 4.31 Å². The molecule has 0 aliphatic carbocycles. The maximum Gasteiger partial charge on any atom is 0.304 e. The summed E-state index contributed by atoms with van der Waals surface area (Å²) >= 11 is 0. The lowest BCUT2D eigenvalue weighted by Gasteiger charge is -2.18. The van der Waals surface area contributed by atoms with Gasteiger partial charge in [-0.3, -0.25) is 4.79 Å². The van der Waals surface area contributed by atoms with Gasteiger partial charge in [0.1, 0.15) is 0 Å². The molecular formula is C8H16N2O4S. The van der Waals surface area contributed by atoms with Crippen molar-refractivity contribution in [2.45, 2.75) is 12.8 Å². The van der Waals surface area contributed by atoms with Gasteiger partial charge in [-0.1, -0.05) is 0 Å². The maximum absolute atomic E-state index is 11.7. The number of aliphatic carboxylic acids is 1. The van der Waals surface area contributed by atoms with Crippen LogP contribution in [0.15, 0.2) is 0 Å². The summed E-state index contributed by atoms with van der Waals surface area (Å²) < 4.78 is 24.7. The Bertz CT molecular complexity index is 307. The minimum atomic E-state index is -3.39. The van der Waals surface area contributed by atoms with E-state index in [1.54, 1.807) is 0 Å². The van der Waals surface area contributed by atoms with Crippen molar-refractivity contribution in [2.75, 3.05) is 31.9 Å². The second kappa shape index (κ2) is 5.43. The number of sulfonamides is 1. The van der Waals surface area contributed by atoms with E-state index in [9.17, 15) is 13.2 Å². The van der Waals surface area contributed by atoms with Gasteiger partial charge < -0.3 is 10.4 Å². The summed E-state index contributed by atoms with van der Waals surface area (Å²) in [6.07, 6.45) is 0.443. The van der Waals surface area contributed by atoms with Gasteiger partial charge >= 0.3 is 5.97 Å². The van der Waals surface area contributed by atoms with Crippen LogP contribution >= 0.6 is 0 Å². The number of nitrogens with one attached hydrogen (secondary N) is 1. The van der Waals surface area contributed by atoms with E-state index in [4.69, 9.17) is 5.11 Å². The Kier molecular flexibility index (Phi) is 4.49. The number of hydrogen-bond donors (Lipinski definition) is 2. The molecule has 0 saturated carbocycles. The normalized spacial score (nSPS) is 19.7. The Hall–Kier alpha value is -0.660. The minimum absolute atomic E-state index is 0.303. The quantitative estimate of drug-likeness (QED) is 0.659. The molecule has 1 saturated heterocycles. The molecular weight excluding hydrogens is 220 g/mol. The summed E-state index contributed by atoms with van der Waals surface area (Å²) in [5, 5.41) is 11.5. The zero-order chi connectivity index (χ0) is 11.3. The predicted molar refractivity (Wildman–Crippen MR) is 55.1 cm³/mol. The lowest BCUT2D eigenvalue weighted by atomic mass is 10.4. The van der Waals surface area contributed by atoms with E-state index in [0.717, 1.165) is 13.0 Å². The Labute approximate surface area is 89.3 Å². The van der Waals surface area contributed by atoms with Crippen LogP contribution in [0.25, 0.3) is 0 Å². The van der Waals surface area contributed by atoms with Gasteiger partial charge in [0.05, 0.1) is 12.2 Å². The first kappa shape index (κ1) is 12.4. The van der Waals surface area contributed by atoms with Crippen LogP contribution in [0.3, 0.4) is 0 Å². The van der Waals surface area contributed by atoms with E-state index in [-0.39, 0.29) is 12.2 Å². The van der Waals surface area contributed by atoms with Crippen LogP contribution in [0.2, 0.25) is 0 Å². The number of carboxylic acid groups (broad SMARTS) is 1. The van der Waals surface area contributed by atoms with Gasteiger partial charge in [-0.15, -0.1) is 0 Å². The van der Waals surface area contributed by atoms with Crippen molar-refractivity contribution in [3.8, 4) is 0 Å². The molecule has 0 aromatic carbocycles. The van der Waals surface area contributed by atoms with Gasteiger partial charge in [-0.05, 0) is 13.0 Å². The molecule has 2 N–H and O–H groups in total. The summed E-state index contributed by atoms with van der Waals surface area (Å²) in [5.41, 5.74) is 0. The molecule has 15 heavy (non-hydrogen) atoms.